The van der Waals surface area contributed by atoms with E-state index in [0.717, 1.165) is 20.8 Å². The van der Waals surface area contributed by atoms with Crippen LogP contribution in [0.5, 0.6) is 0 Å². The molecule has 0 aromatic carbocycles. The van der Waals surface area contributed by atoms with E-state index in [1.54, 1.807) is 0 Å². The summed E-state index contributed by atoms with van der Waals surface area (Å²) in [6.07, 6.45) is -101. The average Bonchev–Trinajstić information content (AvgIpc) is 0.766. The van der Waals surface area contributed by atoms with Gasteiger partial charge in [-0.15, -0.1) is 0 Å². The van der Waals surface area contributed by atoms with Crippen LogP contribution in [-0.2, 0) is 119 Å². The first kappa shape index (κ1) is 102. The SMILES string of the molecule is CC(=O)N[C@@H]1[C@@H](O)[C@H](O[C@@H]2O[C@H](CO)[C@@H](O[C@@H]3O[C@H](CO[C@@H]4O[C@H](CO)[C@@H](O)[C@H](O)[C@@H]4O[C@@H]4O[C@H](COS(=O)(=O)O)[C@@H](O[C@@H]5O[C@H](CO)[C@H](O)[C@H](O)[C@H]5O)[C@H](O)[C@H]4O)[C@@H](O)[C@H](O[C@@H]4O[C@H](CO)[C@@H](O)[C@H](O)[C@@H]4O[C@@H]4O[C@H](CO)[C@@H](O[C@@H]5O[C@H](CO)[C@H](O)[C@H](O)[C@H]5O)[C@H](O)[C@H]4NC(C)=O)[C@@H]3O)[C@H](O)[C@H]2NC(C)=O)[C@@H](CO[C@@H]2O[C@@H](C)[C@@H](O)[C@@H](O)[C@@H]2O)O[C@H]1O. The smallest absolute Gasteiger partial charge is 0.394 e. The Hall–Kier alpha value is -3.56. The number of aliphatic hydroxyl groups is 27. The molecule has 3 amide bonds. The first-order valence-electron chi connectivity index (χ1n) is 38.7. The van der Waals surface area contributed by atoms with Gasteiger partial charge in [-0.3, -0.25) is 18.9 Å². The third kappa shape index (κ3) is 23.0. The molecular weight excluding hydrogens is 1710 g/mol. The van der Waals surface area contributed by atoms with Crippen LogP contribution in [0.15, 0.2) is 0 Å². The summed E-state index contributed by atoms with van der Waals surface area (Å²) in [5.74, 6) is -2.87. The lowest BCUT2D eigenvalue weighted by molar-refractivity contribution is -0.400. The molecule has 123 heavy (non-hydrogen) atoms. The van der Waals surface area contributed by atoms with Crippen LogP contribution < -0.4 is 16.0 Å². The molecule has 0 aromatic heterocycles. The number of rotatable bonds is 32. The number of carbonyl (C=O) groups is 3. The number of ether oxygens (including phenoxy) is 19. The van der Waals surface area contributed by atoms with E-state index in [1.807, 2.05) is 0 Å². The third-order valence-electron chi connectivity index (χ3n) is 22.2. The highest BCUT2D eigenvalue weighted by molar-refractivity contribution is 7.80. The Bertz CT molecular complexity index is 3440. The summed E-state index contributed by atoms with van der Waals surface area (Å²) in [7, 11) is -5.48. The molecule has 10 fully saturated rings. The molecule has 10 saturated heterocycles. The second kappa shape index (κ2) is 43.7. The Labute approximate surface area is 695 Å². The summed E-state index contributed by atoms with van der Waals surface area (Å²) in [4.78, 5) is 38.7. The number of amides is 3. The monoisotopic (exact) mass is 1830 g/mol. The van der Waals surface area contributed by atoms with Crippen molar-refractivity contribution in [3.05, 3.63) is 0 Å². The van der Waals surface area contributed by atoms with Gasteiger partial charge in [-0.2, -0.15) is 8.42 Å². The topological polar surface area (TPSA) is 872 Å². The molecule has 0 aliphatic carbocycles. The first-order valence-corrected chi connectivity index (χ1v) is 40.0. The van der Waals surface area contributed by atoms with E-state index in [1.165, 1.54) is 6.92 Å². The van der Waals surface area contributed by atoms with Gasteiger partial charge in [0.05, 0.1) is 65.6 Å². The molecule has 714 valence electrons. The van der Waals surface area contributed by atoms with Gasteiger partial charge in [0.15, 0.2) is 62.9 Å². The van der Waals surface area contributed by atoms with E-state index >= 15 is 0 Å². The molecule has 50 atom stereocenters. The van der Waals surface area contributed by atoms with Crippen molar-refractivity contribution in [2.75, 3.05) is 59.5 Å². The number of nitrogens with one attached hydrogen (secondary N) is 3. The van der Waals surface area contributed by atoms with Crippen molar-refractivity contribution in [2.45, 2.75) is 335 Å². The van der Waals surface area contributed by atoms with Crippen molar-refractivity contribution < 1.29 is 259 Å². The molecular formula is C66H111N3O53S. The number of hydrogen-bond acceptors (Lipinski definition) is 52. The Balaban J connectivity index is 0.982. The van der Waals surface area contributed by atoms with Crippen molar-refractivity contribution in [3.63, 3.8) is 0 Å². The number of carbonyl (C=O) groups excluding carboxylic acids is 3. The predicted molar refractivity (Wildman–Crippen MR) is 373 cm³/mol. The van der Waals surface area contributed by atoms with Crippen molar-refractivity contribution in [1.82, 2.24) is 16.0 Å². The molecule has 56 nitrogen and oxygen atoms in total. The lowest BCUT2D eigenvalue weighted by atomic mass is 9.93. The fourth-order valence-electron chi connectivity index (χ4n) is 15.5. The molecule has 0 saturated carbocycles. The standard InChI is InChI=1S/C66H111N3O53S/c1-14-30(79)39(88)45(94)60(106-14)103-12-25-52(36(85)27(57(99)107-25)67-15(2)76)116-58-28(68-16(3)77)37(86)51(23(10-75)112-58)118-64-49(98)54(120-66-56(43(92)34(83)21(8-73)111-66)121-59-29(69-17(4)78)38(87)50(22(9-74)113-59)117-61-46(95)40(89)31(80)18(5-70)108-61)35(84)24(114-64)11-104-65-55(42(91)33(82)20(7-72)110-65)122-63-48(97)44(93)53(26(115-63)13-105-123(100,101)102)119-62-47(96)41(90)32(81)19(6-71)109-62/h14,18-66,70-75,79-99H,5-13H2,1-4H3,(H,67,76)(H,68,77)(H,69,78)(H,100,101,102)/t14-,18+,19+,20+,21+,22+,23+,24+,25+,26+,27+,28+,29+,30+,31-,32-,33+,34+,35+,36+,37+,38+,39+,40-,41-,42-,43-,44+,45-,46+,47+,48+,49-,50+,51+,52+,53+,54-,55-,56-,57+,58-,59-,60+,61-,62-,63-,64-,65+,66-/m0/s1. The van der Waals surface area contributed by atoms with E-state index in [2.05, 4.69) is 20.1 Å². The van der Waals surface area contributed by atoms with Gasteiger partial charge in [-0.1, -0.05) is 0 Å². The van der Waals surface area contributed by atoms with Crippen LogP contribution in [0.4, 0.5) is 0 Å². The van der Waals surface area contributed by atoms with Gasteiger partial charge in [-0.25, -0.2) is 4.18 Å². The Morgan fingerprint density at radius 2 is 0.561 bits per heavy atom. The van der Waals surface area contributed by atoms with Crippen LogP contribution >= 0.6 is 0 Å². The minimum atomic E-state index is -5.48. The van der Waals surface area contributed by atoms with Crippen LogP contribution in [0.2, 0.25) is 0 Å². The normalized spacial score (nSPS) is 49.6. The molecule has 0 radical (unpaired) electrons. The Kier molecular flexibility index (Phi) is 36.0. The maximum Gasteiger partial charge on any atom is 0.397 e. The summed E-state index contributed by atoms with van der Waals surface area (Å²) in [6, 6.07) is -5.83. The Morgan fingerprint density at radius 3 is 1.02 bits per heavy atom. The third-order valence-corrected chi connectivity index (χ3v) is 22.6. The van der Waals surface area contributed by atoms with E-state index in [4.69, 9.17) is 90.0 Å². The highest BCUT2D eigenvalue weighted by Crippen LogP contribution is 2.41. The quantitative estimate of drug-likeness (QED) is 0.0278. The van der Waals surface area contributed by atoms with Crippen LogP contribution in [0.25, 0.3) is 0 Å². The molecule has 10 aliphatic heterocycles. The van der Waals surface area contributed by atoms with Crippen LogP contribution in [0.1, 0.15) is 27.7 Å². The first-order chi connectivity index (χ1) is 57.9. The van der Waals surface area contributed by atoms with Gasteiger partial charge >= 0.3 is 10.4 Å². The molecule has 57 heteroatoms. The molecule has 10 heterocycles. The zero-order valence-corrected chi connectivity index (χ0v) is 66.2. The van der Waals surface area contributed by atoms with Gasteiger partial charge in [0.2, 0.25) is 17.7 Å². The number of aliphatic hydroxyl groups excluding tert-OH is 27. The summed E-state index contributed by atoms with van der Waals surface area (Å²) >= 11 is 0. The average molecular weight is 1830 g/mol. The summed E-state index contributed by atoms with van der Waals surface area (Å²) < 4.78 is 150. The highest BCUT2D eigenvalue weighted by atomic mass is 32.3. The van der Waals surface area contributed by atoms with Crippen LogP contribution in [-0.4, -0.2) is 535 Å². The minimum absolute atomic E-state index is 0.860. The maximum absolute atomic E-state index is 13.2. The molecule has 0 spiro atoms. The van der Waals surface area contributed by atoms with Gasteiger partial charge in [-0.05, 0) is 6.92 Å². The van der Waals surface area contributed by atoms with E-state index in [-0.39, 0.29) is 0 Å². The minimum Gasteiger partial charge on any atom is -0.394 e. The molecule has 0 unspecified atom stereocenters. The van der Waals surface area contributed by atoms with Gasteiger partial charge < -0.3 is 244 Å². The maximum atomic E-state index is 13.2. The van der Waals surface area contributed by atoms with Crippen molar-refractivity contribution >= 4 is 28.1 Å². The predicted octanol–water partition coefficient (Wildman–Crippen LogP) is -21.5. The molecule has 10 rings (SSSR count). The van der Waals surface area contributed by atoms with E-state index < -0.39 is 394 Å². The zero-order chi connectivity index (χ0) is 90.7. The van der Waals surface area contributed by atoms with Gasteiger partial charge in [0, 0.05) is 20.8 Å². The number of hydrogen-bond donors (Lipinski definition) is 31. The largest absolute Gasteiger partial charge is 0.397 e. The molecule has 10 aliphatic rings. The van der Waals surface area contributed by atoms with Crippen molar-refractivity contribution in [1.29, 1.82) is 0 Å². The molecule has 0 bridgehead atoms. The van der Waals surface area contributed by atoms with E-state index in [9.17, 15) is 165 Å². The van der Waals surface area contributed by atoms with Crippen molar-refractivity contribution in [3.8, 4) is 0 Å². The fourth-order valence-corrected chi connectivity index (χ4v) is 15.8. The fraction of sp³-hybridized carbons (Fsp3) is 0.955. The Morgan fingerprint density at radius 1 is 0.268 bits per heavy atom. The summed E-state index contributed by atoms with van der Waals surface area (Å²) in [6.45, 7) is -6.42. The second-order valence-corrected chi connectivity index (χ2v) is 31.9. The lowest BCUT2D eigenvalue weighted by Crippen LogP contribution is -2.71. The van der Waals surface area contributed by atoms with Gasteiger partial charge in [0.25, 0.3) is 0 Å². The van der Waals surface area contributed by atoms with E-state index in [0.29, 0.717) is 0 Å². The molecule has 0 aromatic rings. The van der Waals surface area contributed by atoms with Crippen LogP contribution in [0, 0.1) is 0 Å². The van der Waals surface area contributed by atoms with Crippen LogP contribution in [0.3, 0.4) is 0 Å². The zero-order valence-electron chi connectivity index (χ0n) is 65.4. The second-order valence-electron chi connectivity index (χ2n) is 30.8. The molecule has 31 N–H and O–H groups in total. The highest BCUT2D eigenvalue weighted by Gasteiger charge is 2.62. The van der Waals surface area contributed by atoms with Crippen molar-refractivity contribution in [2.24, 2.45) is 0 Å². The summed E-state index contributed by atoms with van der Waals surface area (Å²) in [5, 5.41) is 308. The lowest BCUT2D eigenvalue weighted by Gasteiger charge is -2.51. The van der Waals surface area contributed by atoms with Gasteiger partial charge in [0.1, 0.15) is 238 Å². The summed E-state index contributed by atoms with van der Waals surface area (Å²) in [5.41, 5.74) is 0.